The lowest BCUT2D eigenvalue weighted by Gasteiger charge is -2.27. The third-order valence-electron chi connectivity index (χ3n) is 9.41. The van der Waals surface area contributed by atoms with Gasteiger partial charge in [0.2, 0.25) is 17.7 Å². The predicted molar refractivity (Wildman–Crippen MR) is 218 cm³/mol. The first kappa shape index (κ1) is 43.3. The largest absolute Gasteiger partial charge is 0.444 e. The molecule has 7 amide bonds. The van der Waals surface area contributed by atoms with E-state index in [-0.39, 0.29) is 70.4 Å². The molecule has 7 rings (SSSR count). The van der Waals surface area contributed by atoms with Crippen LogP contribution in [0.3, 0.4) is 0 Å². The lowest BCUT2D eigenvalue weighted by Crippen LogP contribution is -2.54. The van der Waals surface area contributed by atoms with Crippen LogP contribution >= 0.6 is 0 Å². The molecule has 19 nitrogen and oxygen atoms in total. The zero-order valence-electron chi connectivity index (χ0n) is 33.0. The highest BCUT2D eigenvalue weighted by molar-refractivity contribution is 6.25. The minimum absolute atomic E-state index is 0.0149. The maximum Gasteiger partial charge on any atom is 0.405 e. The van der Waals surface area contributed by atoms with Crippen LogP contribution in [0, 0.1) is 23.7 Å². The van der Waals surface area contributed by atoms with Crippen LogP contribution in [0.25, 0.3) is 17.1 Å². The Labute approximate surface area is 359 Å². The van der Waals surface area contributed by atoms with Crippen LogP contribution in [0.15, 0.2) is 77.7 Å². The second-order valence-electron chi connectivity index (χ2n) is 13.8. The van der Waals surface area contributed by atoms with Crippen molar-refractivity contribution in [3.63, 3.8) is 0 Å². The summed E-state index contributed by atoms with van der Waals surface area (Å²) in [5, 5.41) is 16.7. The fourth-order valence-electron chi connectivity index (χ4n) is 6.44. The Hall–Kier alpha value is -8.79. The number of halogens is 3. The van der Waals surface area contributed by atoms with E-state index < -0.39 is 60.1 Å². The zero-order chi connectivity index (χ0) is 45.5. The fraction of sp³-hybridized carbons (Fsp3) is 0.190. The number of carbonyl (C=O) groups is 7. The number of alkyl halides is 3. The number of imide groups is 2. The van der Waals surface area contributed by atoms with E-state index >= 15 is 0 Å². The third-order valence-corrected chi connectivity index (χ3v) is 9.41. The van der Waals surface area contributed by atoms with Gasteiger partial charge in [0, 0.05) is 42.4 Å². The van der Waals surface area contributed by atoms with Crippen molar-refractivity contribution < 1.29 is 51.2 Å². The van der Waals surface area contributed by atoms with Crippen LogP contribution in [0.2, 0.25) is 0 Å². The number of anilines is 3. The second kappa shape index (κ2) is 18.4. The summed E-state index contributed by atoms with van der Waals surface area (Å²) >= 11 is 0. The molecule has 3 aromatic heterocycles. The van der Waals surface area contributed by atoms with E-state index in [2.05, 4.69) is 65.3 Å². The van der Waals surface area contributed by atoms with Gasteiger partial charge in [0.05, 0.1) is 35.2 Å². The molecule has 1 unspecified atom stereocenters. The number of oxazole rings is 1. The van der Waals surface area contributed by atoms with Gasteiger partial charge >= 0.3 is 6.18 Å². The molecule has 22 heteroatoms. The summed E-state index contributed by atoms with van der Waals surface area (Å²) in [7, 11) is 0. The molecule has 5 aromatic rings. The van der Waals surface area contributed by atoms with E-state index in [4.69, 9.17) is 10.2 Å². The number of nitrogens with two attached hydrogens (primary N) is 1. The highest BCUT2D eigenvalue weighted by atomic mass is 19.4. The van der Waals surface area contributed by atoms with Gasteiger partial charge in [0.1, 0.15) is 24.7 Å². The van der Waals surface area contributed by atoms with Gasteiger partial charge in [-0.1, -0.05) is 17.9 Å². The van der Waals surface area contributed by atoms with Gasteiger partial charge in [0.25, 0.3) is 29.5 Å². The zero-order valence-corrected chi connectivity index (χ0v) is 33.0. The monoisotopic (exact) mass is 875 g/mol. The van der Waals surface area contributed by atoms with Crippen molar-refractivity contribution in [2.45, 2.75) is 31.5 Å². The number of carbonyl (C=O) groups excluding carboxylic acids is 7. The Morgan fingerprint density at radius 2 is 1.73 bits per heavy atom. The van der Waals surface area contributed by atoms with Crippen molar-refractivity contribution in [1.29, 1.82) is 0 Å². The van der Waals surface area contributed by atoms with Crippen molar-refractivity contribution in [3.05, 3.63) is 101 Å². The van der Waals surface area contributed by atoms with E-state index in [0.29, 0.717) is 24.3 Å². The Bertz CT molecular complexity index is 2850. The molecule has 324 valence electrons. The molecule has 1 atom stereocenters. The van der Waals surface area contributed by atoms with Crippen LogP contribution in [-0.4, -0.2) is 97.9 Å². The van der Waals surface area contributed by atoms with Crippen LogP contribution in [0.5, 0.6) is 0 Å². The summed E-state index contributed by atoms with van der Waals surface area (Å²) in [4.78, 5) is 97.0. The van der Waals surface area contributed by atoms with Crippen molar-refractivity contribution in [3.8, 4) is 40.8 Å². The average molecular weight is 876 g/mol. The van der Waals surface area contributed by atoms with Gasteiger partial charge in [0.15, 0.2) is 11.4 Å². The van der Waals surface area contributed by atoms with Crippen LogP contribution in [0.1, 0.15) is 71.3 Å². The Kier molecular flexibility index (Phi) is 12.5. The van der Waals surface area contributed by atoms with Gasteiger partial charge in [-0.15, -0.1) is 0 Å². The molecule has 64 heavy (non-hydrogen) atoms. The number of hydrogen-bond donors (Lipinski definition) is 6. The number of primary amides is 1. The van der Waals surface area contributed by atoms with E-state index in [1.165, 1.54) is 59.5 Å². The molecule has 0 bridgehead atoms. The van der Waals surface area contributed by atoms with Gasteiger partial charge in [-0.25, -0.2) is 14.6 Å². The van der Waals surface area contributed by atoms with E-state index in [9.17, 15) is 46.7 Å². The number of aromatic nitrogens is 4. The normalized spacial score (nSPS) is 14.4. The molecule has 0 radical (unpaired) electrons. The summed E-state index contributed by atoms with van der Waals surface area (Å²) in [5.74, 6) is 6.11. The summed E-state index contributed by atoms with van der Waals surface area (Å²) in [5.41, 5.74) is 6.51. The third kappa shape index (κ3) is 9.87. The number of hydrogen-bond acceptors (Lipinski definition) is 13. The standard InChI is InChI=1S/C42H32F3N11O8/c43-42(44,45)22-50-31-19-24(15-18-48-31)39-52-29(21-64-39)37(60)51-28-20-55(54-34(28)35(46)58)25-11-9-23(10-12-25)36(59)49-17-5-3-1-2-4-16-47-27-8-6-7-26-33(27)41(63)56(40(26)62)30-13-14-32(57)53-38(30)61/h6-12,15,18-21,30,47H,4,13-14,16-17,22H2,(H2,46,58)(H,48,50)(H,49,59)(H,51,60)(H,53,57,61). The van der Waals surface area contributed by atoms with E-state index in [1.807, 2.05) is 0 Å². The number of amides is 7. The maximum absolute atomic E-state index is 13.2. The number of fused-ring (bicyclic) bond motifs is 1. The van der Waals surface area contributed by atoms with Crippen molar-refractivity contribution in [2.75, 3.05) is 35.6 Å². The smallest absolute Gasteiger partial charge is 0.405 e. The SMILES string of the molecule is NC(=O)c1nn(-c2ccc(C(=O)NCC#CC#CCCNc3cccc4c3C(=O)N(C3CCC(=O)NC3=O)C4=O)cc2)cc1NC(=O)c1coc(-c2ccnc(NCC(F)(F)F)c2)n1. The minimum Gasteiger partial charge on any atom is -0.444 e. The highest BCUT2D eigenvalue weighted by Crippen LogP contribution is 2.32. The van der Waals surface area contributed by atoms with Crippen molar-refractivity contribution >= 4 is 58.5 Å². The van der Waals surface area contributed by atoms with E-state index in [1.54, 1.807) is 12.1 Å². The molecule has 7 N–H and O–H groups in total. The van der Waals surface area contributed by atoms with Gasteiger partial charge < -0.3 is 31.4 Å². The Balaban J connectivity index is 0.884. The molecular formula is C42H32F3N11O8. The Morgan fingerprint density at radius 1 is 0.953 bits per heavy atom. The topological polar surface area (TPSA) is 266 Å². The number of benzene rings is 2. The predicted octanol–water partition coefficient (Wildman–Crippen LogP) is 2.89. The molecule has 2 aliphatic heterocycles. The summed E-state index contributed by atoms with van der Waals surface area (Å²) < 4.78 is 44.4. The maximum atomic E-state index is 13.2. The molecule has 2 aliphatic rings. The number of rotatable bonds is 13. The van der Waals surface area contributed by atoms with Crippen LogP contribution in [-0.2, 0) is 9.59 Å². The molecule has 2 aromatic carbocycles. The van der Waals surface area contributed by atoms with Gasteiger partial charge in [-0.3, -0.25) is 43.8 Å². The first-order chi connectivity index (χ1) is 30.7. The van der Waals surface area contributed by atoms with Crippen LogP contribution < -0.4 is 32.3 Å². The summed E-state index contributed by atoms with van der Waals surface area (Å²) in [6.45, 7) is -1.04. The quantitative estimate of drug-likeness (QED) is 0.0566. The molecule has 1 fully saturated rings. The molecule has 0 saturated carbocycles. The minimum atomic E-state index is -4.47. The van der Waals surface area contributed by atoms with Gasteiger partial charge in [-0.2, -0.15) is 18.3 Å². The highest BCUT2D eigenvalue weighted by Gasteiger charge is 2.45. The fourth-order valence-corrected chi connectivity index (χ4v) is 6.44. The molecule has 5 heterocycles. The lowest BCUT2D eigenvalue weighted by atomic mass is 10.0. The Morgan fingerprint density at radius 3 is 2.48 bits per heavy atom. The average Bonchev–Trinajstić information content (AvgIpc) is 4.00. The van der Waals surface area contributed by atoms with Gasteiger partial charge in [-0.05, 0) is 66.8 Å². The summed E-state index contributed by atoms with van der Waals surface area (Å²) in [6, 6.07) is 12.4. The van der Waals surface area contributed by atoms with Crippen molar-refractivity contribution in [2.24, 2.45) is 5.73 Å². The molecular weight excluding hydrogens is 844 g/mol. The second-order valence-corrected chi connectivity index (χ2v) is 13.8. The number of nitrogens with one attached hydrogen (secondary N) is 5. The number of piperidine rings is 1. The first-order valence-corrected chi connectivity index (χ1v) is 19.0. The van der Waals surface area contributed by atoms with E-state index in [0.717, 1.165) is 11.2 Å². The number of nitrogens with zero attached hydrogens (tertiary/aromatic N) is 5. The molecule has 0 spiro atoms. The van der Waals surface area contributed by atoms with Crippen LogP contribution in [0.4, 0.5) is 30.4 Å². The number of pyridine rings is 1. The molecule has 0 aliphatic carbocycles. The lowest BCUT2D eigenvalue weighted by molar-refractivity contribution is -0.136. The molecule has 1 saturated heterocycles. The summed E-state index contributed by atoms with van der Waals surface area (Å²) in [6.07, 6.45) is -0.519. The van der Waals surface area contributed by atoms with Crippen molar-refractivity contribution in [1.82, 2.24) is 35.3 Å². The first-order valence-electron chi connectivity index (χ1n) is 19.0.